The molecule has 0 saturated heterocycles. The second-order valence-electron chi connectivity index (χ2n) is 5.58. The van der Waals surface area contributed by atoms with Crippen molar-refractivity contribution >= 4 is 5.91 Å². The van der Waals surface area contributed by atoms with Crippen molar-refractivity contribution in [3.8, 4) is 17.2 Å². The van der Waals surface area contributed by atoms with Crippen molar-refractivity contribution in [2.45, 2.75) is 19.3 Å². The number of carbonyl (C=O) groups is 1. The largest absolute Gasteiger partial charge is 0.493 e. The van der Waals surface area contributed by atoms with Crippen LogP contribution in [0.15, 0.2) is 48.5 Å². The van der Waals surface area contributed by atoms with Gasteiger partial charge in [0, 0.05) is 6.42 Å². The van der Waals surface area contributed by atoms with Gasteiger partial charge in [-0.15, -0.1) is 0 Å². The normalized spacial score (nSPS) is 10.2. The highest BCUT2D eigenvalue weighted by atomic mass is 16.7. The molecule has 0 aliphatic carbocycles. The Morgan fingerprint density at radius 2 is 1.73 bits per heavy atom. The number of hydrogen-bond acceptors (Lipinski definition) is 5. The summed E-state index contributed by atoms with van der Waals surface area (Å²) in [5.74, 6) is 2.01. The van der Waals surface area contributed by atoms with E-state index < -0.39 is 0 Å². The summed E-state index contributed by atoms with van der Waals surface area (Å²) < 4.78 is 16.0. The molecule has 0 aliphatic rings. The highest BCUT2D eigenvalue weighted by molar-refractivity contribution is 5.74. The van der Waals surface area contributed by atoms with Gasteiger partial charge in [0.2, 0.25) is 5.91 Å². The van der Waals surface area contributed by atoms with Gasteiger partial charge in [0.15, 0.2) is 11.5 Å². The minimum absolute atomic E-state index is 0.148. The zero-order chi connectivity index (χ0) is 18.6. The van der Waals surface area contributed by atoms with Gasteiger partial charge < -0.3 is 14.2 Å². The summed E-state index contributed by atoms with van der Waals surface area (Å²) >= 11 is 0. The number of hydrogen-bond donors (Lipinski definition) is 1. The van der Waals surface area contributed by atoms with Crippen LogP contribution in [0.5, 0.6) is 17.2 Å². The van der Waals surface area contributed by atoms with Gasteiger partial charge in [-0.25, -0.2) is 5.48 Å². The van der Waals surface area contributed by atoms with E-state index in [1.54, 1.807) is 14.2 Å². The topological polar surface area (TPSA) is 66.0 Å². The number of para-hydroxylation sites is 1. The number of aryl methyl sites for hydroxylation is 1. The molecule has 0 aliphatic heterocycles. The lowest BCUT2D eigenvalue weighted by Crippen LogP contribution is -2.25. The predicted octanol–water partition coefficient (Wildman–Crippen LogP) is 3.15. The maximum atomic E-state index is 11.8. The second-order valence-corrected chi connectivity index (χ2v) is 5.58. The molecule has 0 aromatic heterocycles. The first kappa shape index (κ1) is 19.6. The van der Waals surface area contributed by atoms with Crippen molar-refractivity contribution in [3.05, 3.63) is 54.1 Å². The average Bonchev–Trinajstić information content (AvgIpc) is 2.68. The van der Waals surface area contributed by atoms with E-state index in [1.807, 2.05) is 48.5 Å². The van der Waals surface area contributed by atoms with Gasteiger partial charge in [-0.2, -0.15) is 0 Å². The van der Waals surface area contributed by atoms with Crippen LogP contribution < -0.4 is 19.7 Å². The van der Waals surface area contributed by atoms with Crippen LogP contribution in [0.25, 0.3) is 0 Å². The number of carbonyl (C=O) groups excluding carboxylic acids is 1. The molecule has 0 radical (unpaired) electrons. The SMILES string of the molecule is COc1ccc(CCCC(=O)NOCCOc2ccccc2)cc1OC. The molecular formula is C20H25NO5. The molecule has 0 spiro atoms. The first-order valence-corrected chi connectivity index (χ1v) is 8.52. The summed E-state index contributed by atoms with van der Waals surface area (Å²) in [7, 11) is 3.21. The van der Waals surface area contributed by atoms with E-state index in [-0.39, 0.29) is 12.5 Å². The quantitative estimate of drug-likeness (QED) is 0.493. The van der Waals surface area contributed by atoms with E-state index in [9.17, 15) is 4.79 Å². The van der Waals surface area contributed by atoms with Crippen molar-refractivity contribution in [2.75, 3.05) is 27.4 Å². The predicted molar refractivity (Wildman–Crippen MR) is 98.5 cm³/mol. The van der Waals surface area contributed by atoms with Crippen LogP contribution in [0.2, 0.25) is 0 Å². The van der Waals surface area contributed by atoms with Crippen molar-refractivity contribution < 1.29 is 23.8 Å². The van der Waals surface area contributed by atoms with Crippen LogP contribution in [-0.2, 0) is 16.1 Å². The van der Waals surface area contributed by atoms with E-state index in [0.717, 1.165) is 17.7 Å². The lowest BCUT2D eigenvalue weighted by molar-refractivity contribution is -0.134. The van der Waals surface area contributed by atoms with E-state index >= 15 is 0 Å². The molecule has 2 aromatic carbocycles. The van der Waals surface area contributed by atoms with E-state index in [0.29, 0.717) is 30.9 Å². The molecule has 0 heterocycles. The molecule has 2 aromatic rings. The maximum absolute atomic E-state index is 11.8. The maximum Gasteiger partial charge on any atom is 0.243 e. The van der Waals surface area contributed by atoms with Gasteiger partial charge >= 0.3 is 0 Å². The molecule has 0 bridgehead atoms. The first-order chi connectivity index (χ1) is 12.7. The van der Waals surface area contributed by atoms with Gasteiger partial charge in [0.25, 0.3) is 0 Å². The number of rotatable bonds is 11. The third kappa shape index (κ3) is 6.64. The van der Waals surface area contributed by atoms with Gasteiger partial charge in [0.05, 0.1) is 14.2 Å². The minimum Gasteiger partial charge on any atom is -0.493 e. The fourth-order valence-electron chi connectivity index (χ4n) is 2.39. The number of amides is 1. The minimum atomic E-state index is -0.148. The van der Waals surface area contributed by atoms with Crippen molar-refractivity contribution in [3.63, 3.8) is 0 Å². The Balaban J connectivity index is 1.59. The molecule has 6 nitrogen and oxygen atoms in total. The smallest absolute Gasteiger partial charge is 0.243 e. The molecule has 1 N–H and O–H groups in total. The standard InChI is InChI=1S/C20H25NO5/c1-23-18-12-11-16(15-19(18)24-2)7-6-10-20(22)21-26-14-13-25-17-8-4-3-5-9-17/h3-5,8-9,11-12,15H,6-7,10,13-14H2,1-2H3,(H,21,22). The lowest BCUT2D eigenvalue weighted by Gasteiger charge is -2.10. The Hall–Kier alpha value is -2.73. The zero-order valence-electron chi connectivity index (χ0n) is 15.2. The van der Waals surface area contributed by atoms with Crippen LogP contribution in [0.1, 0.15) is 18.4 Å². The van der Waals surface area contributed by atoms with Crippen LogP contribution in [0, 0.1) is 0 Å². The molecule has 0 atom stereocenters. The van der Waals surface area contributed by atoms with Crippen LogP contribution >= 0.6 is 0 Å². The second kappa shape index (κ2) is 11.0. The number of benzene rings is 2. The number of ether oxygens (including phenoxy) is 3. The summed E-state index contributed by atoms with van der Waals surface area (Å²) in [5, 5.41) is 0. The van der Waals surface area contributed by atoms with E-state index in [2.05, 4.69) is 5.48 Å². The number of methoxy groups -OCH3 is 2. The molecule has 140 valence electrons. The highest BCUT2D eigenvalue weighted by Crippen LogP contribution is 2.28. The molecule has 26 heavy (non-hydrogen) atoms. The van der Waals surface area contributed by atoms with E-state index in [1.165, 1.54) is 0 Å². The van der Waals surface area contributed by atoms with E-state index in [4.69, 9.17) is 19.0 Å². The Labute approximate surface area is 154 Å². The monoisotopic (exact) mass is 359 g/mol. The Kier molecular flexibility index (Phi) is 8.29. The molecule has 0 fully saturated rings. The molecule has 6 heteroatoms. The summed E-state index contributed by atoms with van der Waals surface area (Å²) in [4.78, 5) is 16.9. The van der Waals surface area contributed by atoms with Crippen molar-refractivity contribution in [1.82, 2.24) is 5.48 Å². The van der Waals surface area contributed by atoms with Crippen molar-refractivity contribution in [1.29, 1.82) is 0 Å². The van der Waals surface area contributed by atoms with Gasteiger partial charge in [-0.1, -0.05) is 24.3 Å². The van der Waals surface area contributed by atoms with Gasteiger partial charge in [-0.05, 0) is 42.7 Å². The first-order valence-electron chi connectivity index (χ1n) is 8.52. The van der Waals surface area contributed by atoms with Crippen LogP contribution in [-0.4, -0.2) is 33.3 Å². The average molecular weight is 359 g/mol. The van der Waals surface area contributed by atoms with Gasteiger partial charge in [-0.3, -0.25) is 9.63 Å². The van der Waals surface area contributed by atoms with Gasteiger partial charge in [0.1, 0.15) is 19.0 Å². The Bertz CT molecular complexity index is 675. The summed E-state index contributed by atoms with van der Waals surface area (Å²) in [6, 6.07) is 15.2. The number of nitrogens with one attached hydrogen (secondary N) is 1. The Morgan fingerprint density at radius 3 is 2.46 bits per heavy atom. The molecule has 0 unspecified atom stereocenters. The summed E-state index contributed by atoms with van der Waals surface area (Å²) in [6.45, 7) is 0.659. The fraction of sp³-hybridized carbons (Fsp3) is 0.350. The Morgan fingerprint density at radius 1 is 0.962 bits per heavy atom. The number of hydroxylamine groups is 1. The van der Waals surface area contributed by atoms with Crippen LogP contribution in [0.3, 0.4) is 0 Å². The lowest BCUT2D eigenvalue weighted by atomic mass is 10.1. The zero-order valence-corrected chi connectivity index (χ0v) is 15.2. The third-order valence-electron chi connectivity index (χ3n) is 3.70. The molecule has 2 rings (SSSR count). The molecular weight excluding hydrogens is 334 g/mol. The van der Waals surface area contributed by atoms with Crippen molar-refractivity contribution in [2.24, 2.45) is 0 Å². The fourth-order valence-corrected chi connectivity index (χ4v) is 2.39. The highest BCUT2D eigenvalue weighted by Gasteiger charge is 2.06. The summed E-state index contributed by atoms with van der Waals surface area (Å²) in [5.41, 5.74) is 3.52. The van der Waals surface area contributed by atoms with Crippen LogP contribution in [0.4, 0.5) is 0 Å². The third-order valence-corrected chi connectivity index (χ3v) is 3.70. The summed E-state index contributed by atoms with van der Waals surface area (Å²) in [6.07, 6.45) is 1.87. The molecule has 0 saturated carbocycles. The molecule has 1 amide bonds.